The van der Waals surface area contributed by atoms with Crippen LogP contribution in [0.5, 0.6) is 5.75 Å². The number of thiazole rings is 1. The second-order valence-electron chi connectivity index (χ2n) is 5.66. The third kappa shape index (κ3) is 7.19. The van der Waals surface area contributed by atoms with Crippen LogP contribution in [0, 0.1) is 17.0 Å². The van der Waals surface area contributed by atoms with Gasteiger partial charge in [0.05, 0.1) is 11.5 Å². The number of aliphatic hydroxyl groups is 1. The summed E-state index contributed by atoms with van der Waals surface area (Å²) in [6, 6.07) is 5.71. The van der Waals surface area contributed by atoms with Crippen LogP contribution in [0.15, 0.2) is 35.5 Å². The van der Waals surface area contributed by atoms with Gasteiger partial charge in [0.25, 0.3) is 5.69 Å². The number of rotatable bonds is 9. The van der Waals surface area contributed by atoms with Gasteiger partial charge in [-0.05, 0) is 26.0 Å². The molecule has 9 nitrogen and oxygen atoms in total. The monoisotopic (exact) mass is 393 g/mol. The Morgan fingerprint density at radius 3 is 2.74 bits per heavy atom. The Kier molecular flexibility index (Phi) is 7.96. The summed E-state index contributed by atoms with van der Waals surface area (Å²) in [5.41, 5.74) is -0.00789. The maximum Gasteiger partial charge on any atom is 0.269 e. The normalized spacial score (nSPS) is 12.5. The number of nitrogens with zero attached hydrogens (tertiary/aromatic N) is 3. The van der Waals surface area contributed by atoms with E-state index in [1.165, 1.54) is 24.3 Å². The minimum Gasteiger partial charge on any atom is -0.491 e. The molecule has 0 aliphatic heterocycles. The van der Waals surface area contributed by atoms with Gasteiger partial charge in [-0.1, -0.05) is 0 Å². The molecule has 2 rings (SSSR count). The summed E-state index contributed by atoms with van der Waals surface area (Å²) >= 11 is 1.60. The smallest absolute Gasteiger partial charge is 0.269 e. The Labute approximate surface area is 161 Å². The van der Waals surface area contributed by atoms with Gasteiger partial charge in [0.15, 0.2) is 5.96 Å². The van der Waals surface area contributed by atoms with Crippen molar-refractivity contribution in [2.45, 2.75) is 26.5 Å². The first kappa shape index (κ1) is 20.6. The molecule has 146 valence electrons. The van der Waals surface area contributed by atoms with Crippen LogP contribution in [0.4, 0.5) is 5.69 Å². The average molecular weight is 393 g/mol. The highest BCUT2D eigenvalue weighted by Crippen LogP contribution is 2.17. The van der Waals surface area contributed by atoms with E-state index in [4.69, 9.17) is 4.74 Å². The van der Waals surface area contributed by atoms with E-state index < -0.39 is 11.0 Å². The van der Waals surface area contributed by atoms with E-state index in [1.54, 1.807) is 11.3 Å². The van der Waals surface area contributed by atoms with Crippen LogP contribution in [0.2, 0.25) is 0 Å². The predicted octanol–water partition coefficient (Wildman–Crippen LogP) is 1.85. The zero-order chi connectivity index (χ0) is 19.6. The first-order valence-electron chi connectivity index (χ1n) is 8.46. The molecule has 0 bridgehead atoms. The minimum atomic E-state index is -0.772. The highest BCUT2D eigenvalue weighted by molar-refractivity contribution is 7.11. The molecular weight excluding hydrogens is 370 g/mol. The van der Waals surface area contributed by atoms with Gasteiger partial charge in [0.2, 0.25) is 0 Å². The molecule has 3 N–H and O–H groups in total. The Morgan fingerprint density at radius 2 is 2.15 bits per heavy atom. The van der Waals surface area contributed by atoms with E-state index in [0.717, 1.165) is 9.88 Å². The Hall–Kier alpha value is -2.72. The van der Waals surface area contributed by atoms with Crippen molar-refractivity contribution in [3.63, 3.8) is 0 Å². The first-order valence-corrected chi connectivity index (χ1v) is 9.28. The van der Waals surface area contributed by atoms with Gasteiger partial charge in [-0.3, -0.25) is 10.1 Å². The van der Waals surface area contributed by atoms with Gasteiger partial charge in [-0.25, -0.2) is 9.98 Å². The molecule has 0 radical (unpaired) electrons. The summed E-state index contributed by atoms with van der Waals surface area (Å²) in [6.45, 7) is 5.40. The van der Waals surface area contributed by atoms with Crippen LogP contribution in [-0.4, -0.2) is 46.8 Å². The zero-order valence-corrected chi connectivity index (χ0v) is 16.0. The number of nitrogens with one attached hydrogen (secondary N) is 2. The molecule has 1 unspecified atom stereocenters. The summed E-state index contributed by atoms with van der Waals surface area (Å²) in [5.74, 6) is 1.04. The van der Waals surface area contributed by atoms with Crippen molar-refractivity contribution in [3.05, 3.63) is 50.5 Å². The number of nitro benzene ring substituents is 1. The molecule has 1 aromatic heterocycles. The molecule has 27 heavy (non-hydrogen) atoms. The number of nitro groups is 1. The van der Waals surface area contributed by atoms with E-state index in [0.29, 0.717) is 24.8 Å². The fourth-order valence-corrected chi connectivity index (χ4v) is 2.80. The maximum absolute atomic E-state index is 10.6. The molecule has 0 aliphatic rings. The van der Waals surface area contributed by atoms with Gasteiger partial charge in [-0.2, -0.15) is 0 Å². The fraction of sp³-hybridized carbons (Fsp3) is 0.412. The van der Waals surface area contributed by atoms with Gasteiger partial charge in [0, 0.05) is 36.3 Å². The molecule has 0 saturated heterocycles. The molecule has 0 aliphatic carbocycles. The molecule has 1 aromatic carbocycles. The van der Waals surface area contributed by atoms with Gasteiger partial charge in [-0.15, -0.1) is 11.3 Å². The van der Waals surface area contributed by atoms with Crippen molar-refractivity contribution in [2.24, 2.45) is 4.99 Å². The fourth-order valence-electron chi connectivity index (χ4n) is 2.09. The van der Waals surface area contributed by atoms with Crippen molar-refractivity contribution in [2.75, 3.05) is 19.7 Å². The Balaban J connectivity index is 1.78. The third-order valence-electron chi connectivity index (χ3n) is 3.38. The molecule has 0 saturated carbocycles. The van der Waals surface area contributed by atoms with Gasteiger partial charge in [0.1, 0.15) is 23.5 Å². The Morgan fingerprint density at radius 1 is 1.41 bits per heavy atom. The summed E-state index contributed by atoms with van der Waals surface area (Å²) < 4.78 is 5.45. The number of guanidine groups is 1. The molecule has 0 amide bonds. The summed E-state index contributed by atoms with van der Waals surface area (Å²) in [5, 5.41) is 27.8. The van der Waals surface area contributed by atoms with Crippen molar-refractivity contribution < 1.29 is 14.8 Å². The second kappa shape index (κ2) is 10.4. The second-order valence-corrected chi connectivity index (χ2v) is 6.98. The van der Waals surface area contributed by atoms with Gasteiger partial charge < -0.3 is 20.5 Å². The van der Waals surface area contributed by atoms with Crippen molar-refractivity contribution in [3.8, 4) is 5.75 Å². The van der Waals surface area contributed by atoms with Gasteiger partial charge >= 0.3 is 0 Å². The van der Waals surface area contributed by atoms with Crippen LogP contribution < -0.4 is 15.4 Å². The number of aliphatic hydroxyl groups excluding tert-OH is 1. The van der Waals surface area contributed by atoms with Crippen molar-refractivity contribution in [1.82, 2.24) is 15.6 Å². The molecule has 0 spiro atoms. The van der Waals surface area contributed by atoms with Crippen LogP contribution in [0.25, 0.3) is 0 Å². The van der Waals surface area contributed by atoms with Crippen LogP contribution in [0.1, 0.15) is 16.8 Å². The van der Waals surface area contributed by atoms with Crippen LogP contribution in [-0.2, 0) is 6.54 Å². The lowest BCUT2D eigenvalue weighted by atomic mass is 10.3. The van der Waals surface area contributed by atoms with E-state index in [9.17, 15) is 15.2 Å². The number of aromatic nitrogens is 1. The number of hydrogen-bond acceptors (Lipinski definition) is 7. The van der Waals surface area contributed by atoms with E-state index in [1.807, 2.05) is 20.0 Å². The minimum absolute atomic E-state index is 0.00789. The summed E-state index contributed by atoms with van der Waals surface area (Å²) in [6.07, 6.45) is 1.04. The summed E-state index contributed by atoms with van der Waals surface area (Å²) in [4.78, 5) is 20.0. The average Bonchev–Trinajstić information content (AvgIpc) is 3.08. The lowest BCUT2D eigenvalue weighted by molar-refractivity contribution is -0.384. The molecule has 0 fully saturated rings. The largest absolute Gasteiger partial charge is 0.491 e. The number of benzene rings is 1. The lowest BCUT2D eigenvalue weighted by Gasteiger charge is -2.15. The lowest BCUT2D eigenvalue weighted by Crippen LogP contribution is -2.42. The third-order valence-corrected chi connectivity index (χ3v) is 4.28. The van der Waals surface area contributed by atoms with Crippen molar-refractivity contribution >= 4 is 23.0 Å². The predicted molar refractivity (Wildman–Crippen MR) is 104 cm³/mol. The molecule has 2 aromatic rings. The number of aryl methyl sites for hydroxylation is 1. The molecule has 10 heteroatoms. The van der Waals surface area contributed by atoms with E-state index in [2.05, 4.69) is 20.6 Å². The van der Waals surface area contributed by atoms with E-state index >= 15 is 0 Å². The standard InChI is InChI=1S/C17H23N5O4S/c1-3-18-17(21-10-16-19-8-12(2)27-16)20-9-14(23)11-26-15-6-4-13(5-7-15)22(24)25/h4-8,14,23H,3,9-11H2,1-2H3,(H2,18,20,21). The highest BCUT2D eigenvalue weighted by atomic mass is 32.1. The molecule has 1 heterocycles. The topological polar surface area (TPSA) is 122 Å². The molecular formula is C17H23N5O4S. The van der Waals surface area contributed by atoms with Crippen LogP contribution in [0.3, 0.4) is 0 Å². The first-order chi connectivity index (χ1) is 13.0. The van der Waals surface area contributed by atoms with Crippen molar-refractivity contribution in [1.29, 1.82) is 0 Å². The summed E-state index contributed by atoms with van der Waals surface area (Å²) in [7, 11) is 0. The maximum atomic E-state index is 10.6. The molecule has 1 atom stereocenters. The highest BCUT2D eigenvalue weighted by Gasteiger charge is 2.09. The van der Waals surface area contributed by atoms with Crippen LogP contribution >= 0.6 is 11.3 Å². The number of ether oxygens (including phenoxy) is 1. The zero-order valence-electron chi connectivity index (χ0n) is 15.2. The van der Waals surface area contributed by atoms with E-state index in [-0.39, 0.29) is 18.8 Å². The quantitative estimate of drug-likeness (QED) is 0.257. The number of non-ortho nitro benzene ring substituents is 1. The SMILES string of the molecule is CCNC(=NCc1ncc(C)s1)NCC(O)COc1ccc([N+](=O)[O-])cc1. The Bertz CT molecular complexity index is 763. The number of hydrogen-bond donors (Lipinski definition) is 3. The number of aliphatic imine (C=N–C) groups is 1.